The second-order valence-corrected chi connectivity index (χ2v) is 1.73. The van der Waals surface area contributed by atoms with Gasteiger partial charge in [0.25, 0.3) is 0 Å². The first-order valence-corrected chi connectivity index (χ1v) is 2.86. The third kappa shape index (κ3) is 2.41. The molecule has 0 aromatic heterocycles. The Labute approximate surface area is 63.7 Å². The maximum absolute atomic E-state index is 10.7. The first-order chi connectivity index (χ1) is 5.17. The highest BCUT2D eigenvalue weighted by Gasteiger charge is 2.21. The number of likely N-dealkylation sites (N-methyl/N-ethyl adjacent to an activating group) is 1. The second kappa shape index (κ2) is 4.49. The largest absolute Gasteiger partial charge is 0.500 e. The minimum absolute atomic E-state index is 0.709. The molecule has 1 unspecified atom stereocenters. The highest BCUT2D eigenvalue weighted by Crippen LogP contribution is 1.94. The van der Waals surface area contributed by atoms with Crippen LogP contribution in [0.25, 0.3) is 0 Å². The van der Waals surface area contributed by atoms with Crippen LogP contribution >= 0.6 is 0 Å². The van der Waals surface area contributed by atoms with Crippen molar-refractivity contribution in [2.75, 3.05) is 14.2 Å². The molecule has 0 aliphatic carbocycles. The van der Waals surface area contributed by atoms with E-state index in [1.165, 1.54) is 13.0 Å². The lowest BCUT2D eigenvalue weighted by Crippen LogP contribution is -2.37. The van der Waals surface area contributed by atoms with Crippen molar-refractivity contribution < 1.29 is 19.4 Å². The molecule has 0 aliphatic heterocycles. The monoisotopic (exact) mass is 159 g/mol. The number of carbonyl (C=O) groups is 1. The van der Waals surface area contributed by atoms with Crippen LogP contribution in [0.4, 0.5) is 0 Å². The fourth-order valence-electron chi connectivity index (χ4n) is 0.543. The molecular weight excluding hydrogens is 150 g/mol. The van der Waals surface area contributed by atoms with E-state index < -0.39 is 17.8 Å². The van der Waals surface area contributed by atoms with Crippen LogP contribution in [0, 0.1) is 0 Å². The van der Waals surface area contributed by atoms with Crippen molar-refractivity contribution in [2.24, 2.45) is 0 Å². The normalized spacial score (nSPS) is 11.5. The van der Waals surface area contributed by atoms with Crippen LogP contribution in [0.5, 0.6) is 0 Å². The summed E-state index contributed by atoms with van der Waals surface area (Å²) in [6.07, 6.45) is 0. The smallest absolute Gasteiger partial charge is 0.331 e. The van der Waals surface area contributed by atoms with Crippen molar-refractivity contribution >= 4 is 11.9 Å². The number of esters is 1. The molecule has 5 heteroatoms. The van der Waals surface area contributed by atoms with Gasteiger partial charge in [-0.25, -0.2) is 9.59 Å². The third-order valence-corrected chi connectivity index (χ3v) is 1.10. The molecule has 0 saturated carbocycles. The minimum Gasteiger partial charge on any atom is -0.500 e. The predicted octanol–water partition coefficient (Wildman–Crippen LogP) is -0.979. The van der Waals surface area contributed by atoms with Gasteiger partial charge in [0.05, 0.1) is 7.11 Å². The van der Waals surface area contributed by atoms with Gasteiger partial charge in [-0.2, -0.15) is 0 Å². The van der Waals surface area contributed by atoms with E-state index in [0.717, 1.165) is 7.11 Å². The summed E-state index contributed by atoms with van der Waals surface area (Å²) in [6, 6.07) is -1.11. The summed E-state index contributed by atoms with van der Waals surface area (Å²) < 4.78 is 4.27. The number of rotatable bonds is 3. The van der Waals surface area contributed by atoms with Gasteiger partial charge in [-0.05, 0) is 7.05 Å². The van der Waals surface area contributed by atoms with E-state index in [4.69, 9.17) is 5.11 Å². The van der Waals surface area contributed by atoms with Crippen LogP contribution in [0.2, 0.25) is 0 Å². The number of aliphatic hydroxyl groups excluding tert-OH is 1. The SMILES string of the molecule is CNC(C(=O)OC)C(O)=C=O. The maximum atomic E-state index is 10.7. The van der Waals surface area contributed by atoms with Gasteiger partial charge in [-0.15, -0.1) is 0 Å². The number of aliphatic hydroxyl groups is 1. The van der Waals surface area contributed by atoms with Crippen LogP contribution in [0.15, 0.2) is 5.76 Å². The summed E-state index contributed by atoms with van der Waals surface area (Å²) in [5.74, 6) is -0.247. The molecule has 11 heavy (non-hydrogen) atoms. The number of hydrogen-bond acceptors (Lipinski definition) is 5. The van der Waals surface area contributed by atoms with Gasteiger partial charge in [-0.3, -0.25) is 0 Å². The third-order valence-electron chi connectivity index (χ3n) is 1.10. The quantitative estimate of drug-likeness (QED) is 0.314. The van der Waals surface area contributed by atoms with Gasteiger partial charge in [0.1, 0.15) is 0 Å². The van der Waals surface area contributed by atoms with Crippen molar-refractivity contribution in [3.8, 4) is 0 Å². The highest BCUT2D eigenvalue weighted by molar-refractivity contribution is 5.81. The van der Waals surface area contributed by atoms with E-state index in [2.05, 4.69) is 10.1 Å². The summed E-state index contributed by atoms with van der Waals surface area (Å²) in [4.78, 5) is 20.6. The van der Waals surface area contributed by atoms with Gasteiger partial charge in [-0.1, -0.05) is 0 Å². The van der Waals surface area contributed by atoms with E-state index in [0.29, 0.717) is 0 Å². The molecule has 0 aromatic rings. The molecule has 0 amide bonds. The Hall–Kier alpha value is -1.32. The zero-order chi connectivity index (χ0) is 8.85. The molecule has 5 nitrogen and oxygen atoms in total. The number of carbonyl (C=O) groups excluding carboxylic acids is 2. The van der Waals surface area contributed by atoms with Crippen LogP contribution in [0.3, 0.4) is 0 Å². The summed E-state index contributed by atoms with van der Waals surface area (Å²) in [5.41, 5.74) is 0. The number of nitrogens with one attached hydrogen (secondary N) is 1. The average Bonchev–Trinajstić information content (AvgIpc) is 2.05. The topological polar surface area (TPSA) is 75.6 Å². The minimum atomic E-state index is -1.11. The molecule has 2 N–H and O–H groups in total. The Morgan fingerprint density at radius 2 is 2.27 bits per heavy atom. The van der Waals surface area contributed by atoms with E-state index in [-0.39, 0.29) is 0 Å². The Balaban J connectivity index is 4.40. The van der Waals surface area contributed by atoms with Crippen LogP contribution in [-0.4, -0.2) is 37.2 Å². The summed E-state index contributed by atoms with van der Waals surface area (Å²) in [5, 5.41) is 11.1. The standard InChI is InChI=1S/C6H9NO4/c1-7-5(4(9)3-8)6(10)11-2/h5,7,9H,1-2H3. The molecule has 0 aromatic carbocycles. The number of ether oxygens (including phenoxy) is 1. The lowest BCUT2D eigenvalue weighted by molar-refractivity contribution is -0.142. The zero-order valence-corrected chi connectivity index (χ0v) is 6.25. The fourth-order valence-corrected chi connectivity index (χ4v) is 0.543. The number of hydrogen-bond donors (Lipinski definition) is 2. The van der Waals surface area contributed by atoms with Crippen molar-refractivity contribution in [3.63, 3.8) is 0 Å². The van der Waals surface area contributed by atoms with Crippen LogP contribution in [0.1, 0.15) is 0 Å². The van der Waals surface area contributed by atoms with Crippen molar-refractivity contribution in [2.45, 2.75) is 6.04 Å². The molecule has 0 aliphatic rings. The highest BCUT2D eigenvalue weighted by atomic mass is 16.5. The molecule has 0 fully saturated rings. The van der Waals surface area contributed by atoms with Gasteiger partial charge in [0, 0.05) is 0 Å². The van der Waals surface area contributed by atoms with E-state index in [1.54, 1.807) is 0 Å². The molecule has 0 heterocycles. The first kappa shape index (κ1) is 9.68. The Morgan fingerprint density at radius 1 is 1.73 bits per heavy atom. The first-order valence-electron chi connectivity index (χ1n) is 2.86. The molecule has 0 radical (unpaired) electrons. The van der Waals surface area contributed by atoms with Gasteiger partial charge >= 0.3 is 5.97 Å². The molecule has 0 bridgehead atoms. The summed E-state index contributed by atoms with van der Waals surface area (Å²) >= 11 is 0. The van der Waals surface area contributed by atoms with E-state index in [9.17, 15) is 9.59 Å². The molecule has 1 atom stereocenters. The van der Waals surface area contributed by atoms with Crippen molar-refractivity contribution in [1.29, 1.82) is 0 Å². The molecule has 62 valence electrons. The molecule has 0 rings (SSSR count). The van der Waals surface area contributed by atoms with Gasteiger partial charge in [0.15, 0.2) is 12.0 Å². The van der Waals surface area contributed by atoms with Crippen LogP contribution < -0.4 is 5.32 Å². The lowest BCUT2D eigenvalue weighted by atomic mass is 10.2. The predicted molar refractivity (Wildman–Crippen MR) is 36.7 cm³/mol. The van der Waals surface area contributed by atoms with Gasteiger partial charge < -0.3 is 15.2 Å². The van der Waals surface area contributed by atoms with E-state index >= 15 is 0 Å². The average molecular weight is 159 g/mol. The van der Waals surface area contributed by atoms with E-state index in [1.807, 2.05) is 0 Å². The van der Waals surface area contributed by atoms with Crippen molar-refractivity contribution in [3.05, 3.63) is 5.76 Å². The van der Waals surface area contributed by atoms with Gasteiger partial charge in [0.2, 0.25) is 5.76 Å². The second-order valence-electron chi connectivity index (χ2n) is 1.73. The molecule has 0 spiro atoms. The summed E-state index contributed by atoms with van der Waals surface area (Å²) in [6.45, 7) is 0. The fraction of sp³-hybridized carbons (Fsp3) is 0.500. The van der Waals surface area contributed by atoms with Crippen LogP contribution in [-0.2, 0) is 14.3 Å². The molecule has 0 saturated heterocycles. The summed E-state index contributed by atoms with van der Waals surface area (Å²) in [7, 11) is 2.57. The van der Waals surface area contributed by atoms with Crippen molar-refractivity contribution in [1.82, 2.24) is 5.32 Å². The lowest BCUT2D eigenvalue weighted by Gasteiger charge is -2.08. The Morgan fingerprint density at radius 3 is 2.55 bits per heavy atom. The Bertz CT molecular complexity index is 195. The number of methoxy groups -OCH3 is 1. The molecular formula is C6H9NO4. The zero-order valence-electron chi connectivity index (χ0n) is 6.25. The Kier molecular flexibility index (Phi) is 3.95. The maximum Gasteiger partial charge on any atom is 0.331 e.